The molecule has 0 spiro atoms. The molecule has 4 heterocycles. The number of furan rings is 1. The predicted octanol–water partition coefficient (Wildman–Crippen LogP) is 13.6. The smallest absolute Gasteiger partial charge is 0.180 e. The number of benzene rings is 8. The Balaban J connectivity index is 1.21. The van der Waals surface area contributed by atoms with Crippen LogP contribution in [-0.2, 0) is 0 Å². The van der Waals surface area contributed by atoms with Gasteiger partial charge in [-0.25, -0.2) is 9.97 Å². The first-order valence-electron chi connectivity index (χ1n) is 19.3. The SMILES string of the molecule is c1ccc(-c2ccc3oc4c(-c5cccc6c5c5ccccc5n6-c5ccccc5)nc(-c5cccc6c5c5ccccc5n6-c5ccccc5)nc4c3c2)cc1. The zero-order valence-electron chi connectivity index (χ0n) is 30.7. The lowest BCUT2D eigenvalue weighted by atomic mass is 10.0. The lowest BCUT2D eigenvalue weighted by Gasteiger charge is -2.11. The molecule has 0 bridgehead atoms. The molecule has 0 fully saturated rings. The van der Waals surface area contributed by atoms with Gasteiger partial charge in [0.25, 0.3) is 0 Å². The van der Waals surface area contributed by atoms with Crippen molar-refractivity contribution in [1.82, 2.24) is 19.1 Å². The first kappa shape index (κ1) is 31.6. The second-order valence-corrected chi connectivity index (χ2v) is 14.5. The molecule has 0 amide bonds. The van der Waals surface area contributed by atoms with Crippen LogP contribution >= 0.6 is 0 Å². The monoisotopic (exact) mass is 728 g/mol. The number of hydrogen-bond donors (Lipinski definition) is 0. The van der Waals surface area contributed by atoms with Gasteiger partial charge in [0, 0.05) is 49.4 Å². The summed E-state index contributed by atoms with van der Waals surface area (Å²) in [5.41, 5.74) is 13.9. The highest BCUT2D eigenvalue weighted by molar-refractivity contribution is 6.19. The minimum atomic E-state index is 0.649. The first-order valence-corrected chi connectivity index (χ1v) is 19.3. The molecule has 57 heavy (non-hydrogen) atoms. The van der Waals surface area contributed by atoms with Gasteiger partial charge in [0.2, 0.25) is 0 Å². The lowest BCUT2D eigenvalue weighted by molar-refractivity contribution is 0.667. The van der Waals surface area contributed by atoms with E-state index >= 15 is 0 Å². The molecule has 12 aromatic rings. The molecule has 4 aromatic heterocycles. The molecule has 0 saturated carbocycles. The zero-order valence-corrected chi connectivity index (χ0v) is 30.7. The summed E-state index contributed by atoms with van der Waals surface area (Å²) in [5, 5.41) is 5.48. The quantitative estimate of drug-likeness (QED) is 0.177. The van der Waals surface area contributed by atoms with Gasteiger partial charge in [0.1, 0.15) is 16.8 Å². The van der Waals surface area contributed by atoms with E-state index in [9.17, 15) is 0 Å². The van der Waals surface area contributed by atoms with Crippen LogP contribution in [-0.4, -0.2) is 19.1 Å². The van der Waals surface area contributed by atoms with E-state index in [1.54, 1.807) is 0 Å². The second-order valence-electron chi connectivity index (χ2n) is 14.5. The molecular weight excluding hydrogens is 697 g/mol. The van der Waals surface area contributed by atoms with Gasteiger partial charge in [0.05, 0.1) is 22.1 Å². The Kier molecular flexibility index (Phi) is 6.86. The molecule has 266 valence electrons. The third kappa shape index (κ3) is 4.76. The molecule has 5 nitrogen and oxygen atoms in total. The summed E-state index contributed by atoms with van der Waals surface area (Å²) < 4.78 is 11.5. The summed E-state index contributed by atoms with van der Waals surface area (Å²) in [4.78, 5) is 11.0. The minimum absolute atomic E-state index is 0.649. The molecule has 0 atom stereocenters. The van der Waals surface area contributed by atoms with Crippen molar-refractivity contribution in [2.45, 2.75) is 0 Å². The van der Waals surface area contributed by atoms with E-state index in [2.05, 4.69) is 197 Å². The van der Waals surface area contributed by atoms with Crippen molar-refractivity contribution >= 4 is 65.7 Å². The van der Waals surface area contributed by atoms with Crippen LogP contribution in [0.4, 0.5) is 0 Å². The lowest BCUT2D eigenvalue weighted by Crippen LogP contribution is -1.96. The van der Waals surface area contributed by atoms with E-state index in [1.165, 1.54) is 0 Å². The van der Waals surface area contributed by atoms with Gasteiger partial charge >= 0.3 is 0 Å². The van der Waals surface area contributed by atoms with Crippen molar-refractivity contribution in [1.29, 1.82) is 0 Å². The largest absolute Gasteiger partial charge is 0.452 e. The van der Waals surface area contributed by atoms with Gasteiger partial charge in [-0.2, -0.15) is 0 Å². The highest BCUT2D eigenvalue weighted by atomic mass is 16.3. The van der Waals surface area contributed by atoms with Crippen molar-refractivity contribution in [3.05, 3.63) is 194 Å². The van der Waals surface area contributed by atoms with Gasteiger partial charge in [0.15, 0.2) is 11.4 Å². The fraction of sp³-hybridized carbons (Fsp3) is 0. The fourth-order valence-corrected chi connectivity index (χ4v) is 8.89. The third-order valence-corrected chi connectivity index (χ3v) is 11.3. The van der Waals surface area contributed by atoms with Crippen LogP contribution in [0.5, 0.6) is 0 Å². The molecule has 0 aliphatic rings. The van der Waals surface area contributed by atoms with E-state index in [-0.39, 0.29) is 0 Å². The van der Waals surface area contributed by atoms with Crippen molar-refractivity contribution < 1.29 is 4.42 Å². The van der Waals surface area contributed by atoms with Gasteiger partial charge in [-0.3, -0.25) is 0 Å². The van der Waals surface area contributed by atoms with E-state index in [0.717, 1.165) is 99.4 Å². The number of para-hydroxylation sites is 4. The normalized spacial score (nSPS) is 11.9. The number of nitrogens with zero attached hydrogens (tertiary/aromatic N) is 4. The fourth-order valence-electron chi connectivity index (χ4n) is 8.89. The van der Waals surface area contributed by atoms with Crippen LogP contribution in [0.25, 0.3) is 111 Å². The Bertz CT molecular complexity index is 3510. The summed E-state index contributed by atoms with van der Waals surface area (Å²) in [6.45, 7) is 0. The topological polar surface area (TPSA) is 48.8 Å². The zero-order chi connectivity index (χ0) is 37.5. The van der Waals surface area contributed by atoms with E-state index in [4.69, 9.17) is 14.4 Å². The minimum Gasteiger partial charge on any atom is -0.452 e. The molecular formula is C52H32N4O. The average Bonchev–Trinajstić information content (AvgIpc) is 3.94. The Hall–Kier alpha value is -7.76. The first-order chi connectivity index (χ1) is 28.3. The standard InChI is InChI=1S/C52H32N4O/c1-4-16-33(17-5-1)34-30-31-46-41(32-34)50-51(57-46)49(39-24-14-28-44-47(39)37-22-10-12-26-42(37)55(44)35-18-6-2-7-19-35)53-52(54-50)40-25-15-29-45-48(40)38-23-11-13-27-43(38)56(45)36-20-8-3-9-21-36/h1-32H. The van der Waals surface area contributed by atoms with Crippen LogP contribution < -0.4 is 0 Å². The summed E-state index contributed by atoms with van der Waals surface area (Å²) >= 11 is 0. The number of fused-ring (bicyclic) bond motifs is 9. The molecule has 0 N–H and O–H groups in total. The van der Waals surface area contributed by atoms with Crippen LogP contribution in [0.15, 0.2) is 199 Å². The van der Waals surface area contributed by atoms with E-state index in [1.807, 2.05) is 6.07 Å². The van der Waals surface area contributed by atoms with Gasteiger partial charge < -0.3 is 13.6 Å². The molecule has 5 heteroatoms. The summed E-state index contributed by atoms with van der Waals surface area (Å²) in [6.07, 6.45) is 0. The van der Waals surface area contributed by atoms with Crippen molar-refractivity contribution in [2.24, 2.45) is 0 Å². The Morgan fingerprint density at radius 1 is 0.386 bits per heavy atom. The molecule has 0 unspecified atom stereocenters. The van der Waals surface area contributed by atoms with Crippen molar-refractivity contribution in [3.8, 4) is 45.1 Å². The highest BCUT2D eigenvalue weighted by Gasteiger charge is 2.25. The Morgan fingerprint density at radius 3 is 1.54 bits per heavy atom. The van der Waals surface area contributed by atoms with E-state index < -0.39 is 0 Å². The van der Waals surface area contributed by atoms with E-state index in [0.29, 0.717) is 11.4 Å². The molecule has 0 saturated heterocycles. The average molecular weight is 729 g/mol. The van der Waals surface area contributed by atoms with Crippen LogP contribution in [0.2, 0.25) is 0 Å². The maximum atomic E-state index is 6.86. The summed E-state index contributed by atoms with van der Waals surface area (Å²) in [5.74, 6) is 0.649. The summed E-state index contributed by atoms with van der Waals surface area (Å²) in [6, 6.07) is 68.3. The highest BCUT2D eigenvalue weighted by Crippen LogP contribution is 2.44. The third-order valence-electron chi connectivity index (χ3n) is 11.3. The predicted molar refractivity (Wildman–Crippen MR) is 234 cm³/mol. The number of rotatable bonds is 5. The van der Waals surface area contributed by atoms with Crippen LogP contribution in [0.1, 0.15) is 0 Å². The summed E-state index contributed by atoms with van der Waals surface area (Å²) in [7, 11) is 0. The second kappa shape index (κ2) is 12.4. The molecule has 0 aliphatic carbocycles. The molecule has 0 aliphatic heterocycles. The van der Waals surface area contributed by atoms with Crippen molar-refractivity contribution in [2.75, 3.05) is 0 Å². The van der Waals surface area contributed by atoms with Crippen LogP contribution in [0, 0.1) is 0 Å². The molecule has 8 aromatic carbocycles. The maximum absolute atomic E-state index is 6.86. The van der Waals surface area contributed by atoms with Gasteiger partial charge in [-0.15, -0.1) is 0 Å². The maximum Gasteiger partial charge on any atom is 0.180 e. The van der Waals surface area contributed by atoms with Crippen molar-refractivity contribution in [3.63, 3.8) is 0 Å². The Morgan fingerprint density at radius 2 is 0.912 bits per heavy atom. The number of hydrogen-bond acceptors (Lipinski definition) is 3. The molecule has 12 rings (SSSR count). The Labute approximate surface area is 327 Å². The van der Waals surface area contributed by atoms with Gasteiger partial charge in [-0.05, 0) is 71.8 Å². The molecule has 0 radical (unpaired) electrons. The van der Waals surface area contributed by atoms with Gasteiger partial charge in [-0.1, -0.05) is 133 Å². The number of aromatic nitrogens is 4. The van der Waals surface area contributed by atoms with Crippen LogP contribution in [0.3, 0.4) is 0 Å².